The average molecular weight is 250 g/mol. The second-order valence-corrected chi connectivity index (χ2v) is 3.62. The van der Waals surface area contributed by atoms with Crippen molar-refractivity contribution in [1.29, 1.82) is 0 Å². The molecule has 8 heteroatoms. The highest BCUT2D eigenvalue weighted by molar-refractivity contribution is 5.93. The molecule has 0 atom stereocenters. The van der Waals surface area contributed by atoms with E-state index in [-0.39, 0.29) is 18.5 Å². The molecule has 0 saturated heterocycles. The Morgan fingerprint density at radius 2 is 2.28 bits per heavy atom. The van der Waals surface area contributed by atoms with Crippen LogP contribution in [0.2, 0.25) is 0 Å². The zero-order valence-corrected chi connectivity index (χ0v) is 9.54. The van der Waals surface area contributed by atoms with Crippen LogP contribution < -0.4 is 11.2 Å². The summed E-state index contributed by atoms with van der Waals surface area (Å²) in [5, 5.41) is 3.57. The van der Waals surface area contributed by atoms with Gasteiger partial charge < -0.3 is 9.51 Å². The number of aromatic nitrogens is 4. The number of hydrogen-bond donors (Lipinski definition) is 1. The molecule has 2 rings (SSSR count). The standard InChI is InChI=1S/C10H10N4O4/c1-6(15)7-4-11-10(17)14(9(7)16)3-2-8-12-5-18-13-8/h4-5H,2-3H2,1H3,(H,11,17). The first-order valence-electron chi connectivity index (χ1n) is 5.18. The van der Waals surface area contributed by atoms with Gasteiger partial charge in [0.25, 0.3) is 5.56 Å². The minimum absolute atomic E-state index is 0.0530. The van der Waals surface area contributed by atoms with E-state index in [1.54, 1.807) is 0 Å². The van der Waals surface area contributed by atoms with Gasteiger partial charge in [0.05, 0.1) is 5.56 Å². The monoisotopic (exact) mass is 250 g/mol. The first kappa shape index (κ1) is 12.0. The van der Waals surface area contributed by atoms with Crippen molar-refractivity contribution in [2.75, 3.05) is 0 Å². The molecule has 2 aromatic rings. The minimum Gasteiger partial charge on any atom is -0.343 e. The van der Waals surface area contributed by atoms with Gasteiger partial charge in [-0.3, -0.25) is 14.2 Å². The van der Waals surface area contributed by atoms with Crippen molar-refractivity contribution in [2.45, 2.75) is 19.9 Å². The lowest BCUT2D eigenvalue weighted by atomic mass is 10.2. The van der Waals surface area contributed by atoms with Crippen molar-refractivity contribution in [3.05, 3.63) is 44.8 Å². The molecule has 2 heterocycles. The van der Waals surface area contributed by atoms with Crippen LogP contribution in [0, 0.1) is 0 Å². The van der Waals surface area contributed by atoms with Gasteiger partial charge >= 0.3 is 5.69 Å². The Hall–Kier alpha value is -2.51. The highest BCUT2D eigenvalue weighted by Gasteiger charge is 2.11. The SMILES string of the molecule is CC(=O)c1c[nH]c(=O)n(CCc2ncon2)c1=O. The van der Waals surface area contributed by atoms with Crippen molar-refractivity contribution in [2.24, 2.45) is 0 Å². The van der Waals surface area contributed by atoms with Crippen LogP contribution in [0.5, 0.6) is 0 Å². The Kier molecular flexibility index (Phi) is 3.18. The molecule has 0 aliphatic carbocycles. The predicted octanol–water partition coefficient (Wildman–Crippen LogP) is -0.635. The summed E-state index contributed by atoms with van der Waals surface area (Å²) >= 11 is 0. The molecule has 0 aromatic carbocycles. The lowest BCUT2D eigenvalue weighted by molar-refractivity contribution is 0.101. The normalized spacial score (nSPS) is 10.5. The molecule has 0 aliphatic heterocycles. The highest BCUT2D eigenvalue weighted by atomic mass is 16.5. The molecule has 0 aliphatic rings. The zero-order chi connectivity index (χ0) is 13.1. The summed E-state index contributed by atoms with van der Waals surface area (Å²) in [7, 11) is 0. The van der Waals surface area contributed by atoms with E-state index in [2.05, 4.69) is 19.6 Å². The van der Waals surface area contributed by atoms with E-state index in [1.165, 1.54) is 6.92 Å². The summed E-state index contributed by atoms with van der Waals surface area (Å²) in [6.07, 6.45) is 2.55. The van der Waals surface area contributed by atoms with Gasteiger partial charge in [-0.05, 0) is 6.92 Å². The van der Waals surface area contributed by atoms with E-state index in [0.717, 1.165) is 17.2 Å². The van der Waals surface area contributed by atoms with Crippen molar-refractivity contribution < 1.29 is 9.32 Å². The minimum atomic E-state index is -0.616. The Morgan fingerprint density at radius 1 is 1.50 bits per heavy atom. The number of aryl methyl sites for hydroxylation is 1. The predicted molar refractivity (Wildman–Crippen MR) is 59.3 cm³/mol. The van der Waals surface area contributed by atoms with E-state index in [0.29, 0.717) is 5.82 Å². The molecule has 0 fully saturated rings. The fraction of sp³-hybridized carbons (Fsp3) is 0.300. The number of H-pyrrole nitrogens is 1. The number of Topliss-reactive ketones (excluding diaryl/α,β-unsaturated/α-hetero) is 1. The molecule has 0 spiro atoms. The van der Waals surface area contributed by atoms with Gasteiger partial charge in [-0.2, -0.15) is 4.98 Å². The van der Waals surface area contributed by atoms with E-state index >= 15 is 0 Å². The van der Waals surface area contributed by atoms with Gasteiger partial charge in [0.15, 0.2) is 11.6 Å². The summed E-state index contributed by atoms with van der Waals surface area (Å²) in [6.45, 7) is 1.34. The Bertz CT molecular complexity index is 668. The van der Waals surface area contributed by atoms with E-state index in [9.17, 15) is 14.4 Å². The summed E-state index contributed by atoms with van der Waals surface area (Å²) < 4.78 is 5.47. The third-order valence-corrected chi connectivity index (χ3v) is 2.41. The third kappa shape index (κ3) is 2.26. The van der Waals surface area contributed by atoms with Crippen molar-refractivity contribution in [3.63, 3.8) is 0 Å². The molecule has 94 valence electrons. The van der Waals surface area contributed by atoms with Crippen LogP contribution in [0.25, 0.3) is 0 Å². The smallest absolute Gasteiger partial charge is 0.328 e. The van der Waals surface area contributed by atoms with Gasteiger partial charge in [0, 0.05) is 19.2 Å². The number of carbonyl (C=O) groups excluding carboxylic acids is 1. The molecular formula is C10H10N4O4. The van der Waals surface area contributed by atoms with Crippen LogP contribution in [0.15, 0.2) is 26.7 Å². The highest BCUT2D eigenvalue weighted by Crippen LogP contribution is 1.92. The average Bonchev–Trinajstić information content (AvgIpc) is 2.81. The van der Waals surface area contributed by atoms with Crippen LogP contribution >= 0.6 is 0 Å². The first-order chi connectivity index (χ1) is 8.59. The zero-order valence-electron chi connectivity index (χ0n) is 9.54. The maximum atomic E-state index is 11.8. The molecule has 2 aromatic heterocycles. The summed E-state index contributed by atoms with van der Waals surface area (Å²) in [5.41, 5.74) is -1.24. The third-order valence-electron chi connectivity index (χ3n) is 2.41. The maximum Gasteiger partial charge on any atom is 0.328 e. The fourth-order valence-electron chi connectivity index (χ4n) is 1.48. The summed E-state index contributed by atoms with van der Waals surface area (Å²) in [6, 6.07) is 0. The number of hydrogen-bond acceptors (Lipinski definition) is 6. The van der Waals surface area contributed by atoms with Gasteiger partial charge in [0.1, 0.15) is 0 Å². The van der Waals surface area contributed by atoms with Crippen LogP contribution in [0.4, 0.5) is 0 Å². The quantitative estimate of drug-likeness (QED) is 0.723. The molecule has 0 radical (unpaired) electrons. The van der Waals surface area contributed by atoms with Crippen LogP contribution in [0.1, 0.15) is 23.1 Å². The van der Waals surface area contributed by atoms with Gasteiger partial charge in [0.2, 0.25) is 6.39 Å². The number of aromatic amines is 1. The number of rotatable bonds is 4. The molecule has 0 bridgehead atoms. The maximum absolute atomic E-state index is 11.8. The molecule has 8 nitrogen and oxygen atoms in total. The van der Waals surface area contributed by atoms with E-state index < -0.39 is 17.0 Å². The number of nitrogens with one attached hydrogen (secondary N) is 1. The van der Waals surface area contributed by atoms with Gasteiger partial charge in [-0.25, -0.2) is 4.79 Å². The number of nitrogens with zero attached hydrogens (tertiary/aromatic N) is 3. The molecule has 0 amide bonds. The lowest BCUT2D eigenvalue weighted by Crippen LogP contribution is -2.38. The first-order valence-corrected chi connectivity index (χ1v) is 5.18. The fourth-order valence-corrected chi connectivity index (χ4v) is 1.48. The van der Waals surface area contributed by atoms with Crippen molar-refractivity contribution in [1.82, 2.24) is 19.7 Å². The van der Waals surface area contributed by atoms with Crippen LogP contribution in [0.3, 0.4) is 0 Å². The van der Waals surface area contributed by atoms with Crippen molar-refractivity contribution in [3.8, 4) is 0 Å². The molecule has 0 saturated carbocycles. The largest absolute Gasteiger partial charge is 0.343 e. The molecule has 1 N–H and O–H groups in total. The molecular weight excluding hydrogens is 240 g/mol. The van der Waals surface area contributed by atoms with E-state index in [1.807, 2.05) is 0 Å². The Labute approximate surface area is 100 Å². The lowest BCUT2D eigenvalue weighted by Gasteiger charge is -2.03. The van der Waals surface area contributed by atoms with Crippen LogP contribution in [-0.4, -0.2) is 25.5 Å². The molecule has 18 heavy (non-hydrogen) atoms. The van der Waals surface area contributed by atoms with Crippen LogP contribution in [-0.2, 0) is 13.0 Å². The number of carbonyl (C=O) groups is 1. The number of ketones is 1. The second kappa shape index (κ2) is 4.78. The molecule has 0 unspecified atom stereocenters. The van der Waals surface area contributed by atoms with Crippen molar-refractivity contribution >= 4 is 5.78 Å². The van der Waals surface area contributed by atoms with E-state index in [4.69, 9.17) is 0 Å². The summed E-state index contributed by atoms with van der Waals surface area (Å²) in [5.74, 6) is -0.0147. The van der Waals surface area contributed by atoms with Gasteiger partial charge in [-0.1, -0.05) is 5.16 Å². The topological polar surface area (TPSA) is 111 Å². The Balaban J connectivity index is 2.32. The second-order valence-electron chi connectivity index (χ2n) is 3.62. The summed E-state index contributed by atoms with van der Waals surface area (Å²) in [4.78, 5) is 40.7. The van der Waals surface area contributed by atoms with Gasteiger partial charge in [-0.15, -0.1) is 0 Å². The Morgan fingerprint density at radius 3 is 2.89 bits per heavy atom.